The first-order valence-electron chi connectivity index (χ1n) is 6.53. The van der Waals surface area contributed by atoms with Gasteiger partial charge in [-0.2, -0.15) is 12.7 Å². The molecule has 19 heavy (non-hydrogen) atoms. The lowest BCUT2D eigenvalue weighted by Crippen LogP contribution is -2.37. The van der Waals surface area contributed by atoms with Crippen molar-refractivity contribution in [3.05, 3.63) is 23.8 Å². The Morgan fingerprint density at radius 1 is 1.37 bits per heavy atom. The molecule has 0 unspecified atom stereocenters. The van der Waals surface area contributed by atoms with E-state index in [0.717, 1.165) is 25.1 Å². The number of fused-ring (bicyclic) bond motifs is 1. The quantitative estimate of drug-likeness (QED) is 0.889. The zero-order valence-corrected chi connectivity index (χ0v) is 12.4. The fourth-order valence-corrected chi connectivity index (χ4v) is 3.16. The van der Waals surface area contributed by atoms with Gasteiger partial charge in [-0.25, -0.2) is 0 Å². The largest absolute Gasteiger partial charge is 0.385 e. The number of nitrogens with zero attached hydrogens (tertiary/aromatic N) is 1. The standard InChI is InChI=1S/C13H21N3O2S/c1-10(2)16(3)19(17,18)15-12-6-7-13-11(9-12)5-4-8-14-13/h6-7,9-10,14-15H,4-5,8H2,1-3H3. The summed E-state index contributed by atoms with van der Waals surface area (Å²) in [4.78, 5) is 0. The lowest BCUT2D eigenvalue weighted by Gasteiger charge is -2.23. The molecule has 1 aromatic carbocycles. The van der Waals surface area contributed by atoms with Crippen LogP contribution < -0.4 is 10.0 Å². The highest BCUT2D eigenvalue weighted by molar-refractivity contribution is 7.90. The van der Waals surface area contributed by atoms with Gasteiger partial charge in [0.15, 0.2) is 0 Å². The SMILES string of the molecule is CC(C)N(C)S(=O)(=O)Nc1ccc2c(c1)CCCN2. The maximum atomic E-state index is 12.1. The van der Waals surface area contributed by atoms with Crippen molar-refractivity contribution in [2.45, 2.75) is 32.7 Å². The number of hydrogen-bond acceptors (Lipinski definition) is 3. The summed E-state index contributed by atoms with van der Waals surface area (Å²) in [6.45, 7) is 4.67. The van der Waals surface area contributed by atoms with Gasteiger partial charge in [0.2, 0.25) is 0 Å². The van der Waals surface area contributed by atoms with Gasteiger partial charge in [-0.15, -0.1) is 0 Å². The van der Waals surface area contributed by atoms with E-state index in [9.17, 15) is 8.42 Å². The third kappa shape index (κ3) is 3.19. The van der Waals surface area contributed by atoms with Crippen LogP contribution in [0.1, 0.15) is 25.8 Å². The Morgan fingerprint density at radius 2 is 2.11 bits per heavy atom. The molecule has 6 heteroatoms. The van der Waals surface area contributed by atoms with Crippen molar-refractivity contribution in [1.82, 2.24) is 4.31 Å². The van der Waals surface area contributed by atoms with E-state index in [1.165, 1.54) is 9.87 Å². The maximum absolute atomic E-state index is 12.1. The molecule has 106 valence electrons. The Labute approximate surface area is 115 Å². The van der Waals surface area contributed by atoms with E-state index < -0.39 is 10.2 Å². The molecule has 0 amide bonds. The predicted octanol–water partition coefficient (Wildman–Crippen LogP) is 2.04. The van der Waals surface area contributed by atoms with Crippen LogP contribution in [0.2, 0.25) is 0 Å². The van der Waals surface area contributed by atoms with E-state index in [2.05, 4.69) is 10.0 Å². The molecule has 1 aromatic rings. The molecule has 5 nitrogen and oxygen atoms in total. The highest BCUT2D eigenvalue weighted by Gasteiger charge is 2.20. The molecular weight excluding hydrogens is 262 g/mol. The Kier molecular flexibility index (Phi) is 4.01. The van der Waals surface area contributed by atoms with Gasteiger partial charge in [0.25, 0.3) is 0 Å². The number of rotatable bonds is 4. The van der Waals surface area contributed by atoms with Crippen LogP contribution in [0.15, 0.2) is 18.2 Å². The molecule has 0 aromatic heterocycles. The minimum absolute atomic E-state index is 0.0724. The second-order valence-corrected chi connectivity index (χ2v) is 6.85. The summed E-state index contributed by atoms with van der Waals surface area (Å²) in [5.41, 5.74) is 2.89. The summed E-state index contributed by atoms with van der Waals surface area (Å²) in [6, 6.07) is 5.56. The van der Waals surface area contributed by atoms with Crippen LogP contribution in [0.5, 0.6) is 0 Å². The summed E-state index contributed by atoms with van der Waals surface area (Å²) >= 11 is 0. The summed E-state index contributed by atoms with van der Waals surface area (Å²) in [6.07, 6.45) is 2.06. The van der Waals surface area contributed by atoms with Crippen molar-refractivity contribution < 1.29 is 8.42 Å². The Balaban J connectivity index is 2.20. The Hall–Kier alpha value is -1.27. The second-order valence-electron chi connectivity index (χ2n) is 5.12. The lowest BCUT2D eigenvalue weighted by molar-refractivity contribution is 0.414. The van der Waals surface area contributed by atoms with Gasteiger partial charge < -0.3 is 5.32 Å². The third-order valence-corrected chi connectivity index (χ3v) is 5.07. The molecule has 2 N–H and O–H groups in total. The minimum atomic E-state index is -3.48. The molecule has 1 aliphatic rings. The molecular formula is C13H21N3O2S. The molecule has 2 rings (SSSR count). The van der Waals surface area contributed by atoms with Crippen LogP contribution in [0.3, 0.4) is 0 Å². The van der Waals surface area contributed by atoms with Gasteiger partial charge in [0.05, 0.1) is 5.69 Å². The van der Waals surface area contributed by atoms with Crippen molar-refractivity contribution in [3.63, 3.8) is 0 Å². The number of benzene rings is 1. The first-order valence-corrected chi connectivity index (χ1v) is 7.97. The molecule has 0 spiro atoms. The van der Waals surface area contributed by atoms with E-state index >= 15 is 0 Å². The van der Waals surface area contributed by atoms with Crippen LogP contribution in [-0.4, -0.2) is 32.4 Å². The average molecular weight is 283 g/mol. The highest BCUT2D eigenvalue weighted by Crippen LogP contribution is 2.25. The molecule has 0 saturated heterocycles. The summed E-state index contributed by atoms with van der Waals surface area (Å²) < 4.78 is 28.2. The number of nitrogens with one attached hydrogen (secondary N) is 2. The topological polar surface area (TPSA) is 61.4 Å². The van der Waals surface area contributed by atoms with Crippen molar-refractivity contribution in [1.29, 1.82) is 0 Å². The highest BCUT2D eigenvalue weighted by atomic mass is 32.2. The number of hydrogen-bond donors (Lipinski definition) is 2. The molecule has 0 radical (unpaired) electrons. The van der Waals surface area contributed by atoms with E-state index in [4.69, 9.17) is 0 Å². The molecule has 1 aliphatic heterocycles. The first-order chi connectivity index (χ1) is 8.90. The van der Waals surface area contributed by atoms with Gasteiger partial charge in [-0.3, -0.25) is 4.72 Å². The van der Waals surface area contributed by atoms with Crippen molar-refractivity contribution >= 4 is 21.6 Å². The van der Waals surface area contributed by atoms with Gasteiger partial charge >= 0.3 is 10.2 Å². The van der Waals surface area contributed by atoms with Gasteiger partial charge in [0, 0.05) is 25.3 Å². The van der Waals surface area contributed by atoms with Gasteiger partial charge in [-0.05, 0) is 50.5 Å². The Morgan fingerprint density at radius 3 is 2.79 bits per heavy atom. The number of anilines is 2. The van der Waals surface area contributed by atoms with Crippen LogP contribution in [0.25, 0.3) is 0 Å². The monoisotopic (exact) mass is 283 g/mol. The van der Waals surface area contributed by atoms with Crippen LogP contribution in [0.4, 0.5) is 11.4 Å². The molecule has 0 aliphatic carbocycles. The van der Waals surface area contributed by atoms with E-state index in [1.807, 2.05) is 26.0 Å². The fourth-order valence-electron chi connectivity index (χ4n) is 2.04. The molecule has 1 heterocycles. The molecule has 0 fully saturated rings. The molecule has 0 atom stereocenters. The second kappa shape index (κ2) is 5.38. The summed E-state index contributed by atoms with van der Waals surface area (Å²) in [5, 5.41) is 3.31. The normalized spacial score (nSPS) is 15.2. The third-order valence-electron chi connectivity index (χ3n) is 3.40. The van der Waals surface area contributed by atoms with Gasteiger partial charge in [-0.1, -0.05) is 0 Å². The van der Waals surface area contributed by atoms with E-state index in [0.29, 0.717) is 5.69 Å². The van der Waals surface area contributed by atoms with E-state index in [1.54, 1.807) is 13.1 Å². The average Bonchev–Trinajstić information content (AvgIpc) is 2.37. The minimum Gasteiger partial charge on any atom is -0.385 e. The van der Waals surface area contributed by atoms with Crippen molar-refractivity contribution in [2.75, 3.05) is 23.6 Å². The molecule has 0 saturated carbocycles. The number of aryl methyl sites for hydroxylation is 1. The van der Waals surface area contributed by atoms with Gasteiger partial charge in [0.1, 0.15) is 0 Å². The van der Waals surface area contributed by atoms with Crippen LogP contribution in [0, 0.1) is 0 Å². The summed E-state index contributed by atoms with van der Waals surface area (Å²) in [5.74, 6) is 0. The zero-order valence-electron chi connectivity index (χ0n) is 11.6. The Bertz CT molecular complexity index is 555. The van der Waals surface area contributed by atoms with Crippen molar-refractivity contribution in [3.8, 4) is 0 Å². The van der Waals surface area contributed by atoms with Crippen molar-refractivity contribution in [2.24, 2.45) is 0 Å². The van der Waals surface area contributed by atoms with E-state index in [-0.39, 0.29) is 6.04 Å². The zero-order chi connectivity index (χ0) is 14.0. The molecule has 0 bridgehead atoms. The fraction of sp³-hybridized carbons (Fsp3) is 0.538. The van der Waals surface area contributed by atoms with Crippen LogP contribution >= 0.6 is 0 Å². The lowest BCUT2D eigenvalue weighted by atomic mass is 10.0. The first kappa shape index (κ1) is 14.1. The smallest absolute Gasteiger partial charge is 0.301 e. The van der Waals surface area contributed by atoms with Crippen LogP contribution in [-0.2, 0) is 16.6 Å². The predicted molar refractivity (Wildman–Crippen MR) is 78.7 cm³/mol. The maximum Gasteiger partial charge on any atom is 0.301 e. The summed E-state index contributed by atoms with van der Waals surface area (Å²) in [7, 11) is -1.90.